The summed E-state index contributed by atoms with van der Waals surface area (Å²) in [6.45, 7) is 0. The monoisotopic (exact) mass is 177 g/mol. The number of nitrogens with two attached hydrogens (primary N) is 1. The van der Waals surface area contributed by atoms with Gasteiger partial charge in [-0.2, -0.15) is 0 Å². The first-order valence-corrected chi connectivity index (χ1v) is 4.80. The van der Waals surface area contributed by atoms with Crippen molar-refractivity contribution in [2.24, 2.45) is 5.73 Å². The van der Waals surface area contributed by atoms with Crippen LogP contribution in [0.15, 0.2) is 24.3 Å². The van der Waals surface area contributed by atoms with Crippen LogP contribution in [0.25, 0.3) is 0 Å². The maximum Gasteiger partial charge on any atom is 0.0943 e. The van der Waals surface area contributed by atoms with Crippen molar-refractivity contribution in [3.63, 3.8) is 0 Å². The van der Waals surface area contributed by atoms with E-state index in [9.17, 15) is 5.11 Å². The molecule has 0 aliphatic heterocycles. The minimum Gasteiger partial charge on any atom is -0.387 e. The molecule has 0 aromatic heterocycles. The van der Waals surface area contributed by atoms with Crippen LogP contribution in [0.2, 0.25) is 0 Å². The molecule has 0 radical (unpaired) electrons. The zero-order chi connectivity index (χ0) is 9.26. The Morgan fingerprint density at radius 1 is 1.31 bits per heavy atom. The minimum atomic E-state index is -0.473. The molecule has 13 heavy (non-hydrogen) atoms. The van der Waals surface area contributed by atoms with Crippen LogP contribution in [0.5, 0.6) is 0 Å². The molecule has 0 amide bonds. The van der Waals surface area contributed by atoms with E-state index in [0.29, 0.717) is 0 Å². The van der Waals surface area contributed by atoms with Gasteiger partial charge in [-0.25, -0.2) is 0 Å². The minimum absolute atomic E-state index is 0.0938. The maximum atomic E-state index is 9.88. The van der Waals surface area contributed by atoms with Gasteiger partial charge in [0.2, 0.25) is 0 Å². The van der Waals surface area contributed by atoms with Gasteiger partial charge in [0.15, 0.2) is 0 Å². The molecule has 1 aromatic rings. The van der Waals surface area contributed by atoms with E-state index in [0.717, 1.165) is 24.8 Å². The molecule has 2 nitrogen and oxygen atoms in total. The smallest absolute Gasteiger partial charge is 0.0943 e. The predicted molar refractivity (Wildman–Crippen MR) is 52.3 cm³/mol. The molecule has 2 rings (SSSR count). The Bertz CT molecular complexity index is 298. The molecule has 0 bridgehead atoms. The van der Waals surface area contributed by atoms with Gasteiger partial charge >= 0.3 is 0 Å². The molecular weight excluding hydrogens is 162 g/mol. The number of benzene rings is 1. The Kier molecular flexibility index (Phi) is 2.34. The van der Waals surface area contributed by atoms with E-state index in [2.05, 4.69) is 6.07 Å². The summed E-state index contributed by atoms with van der Waals surface area (Å²) in [5.74, 6) is 0. The maximum absolute atomic E-state index is 9.88. The average Bonchev–Trinajstić information content (AvgIpc) is 2.29. The first-order chi connectivity index (χ1) is 6.29. The highest BCUT2D eigenvalue weighted by Gasteiger charge is 2.22. The van der Waals surface area contributed by atoms with E-state index in [-0.39, 0.29) is 6.04 Å². The van der Waals surface area contributed by atoms with Crippen molar-refractivity contribution in [1.29, 1.82) is 0 Å². The van der Waals surface area contributed by atoms with Crippen LogP contribution in [0.1, 0.15) is 30.1 Å². The van der Waals surface area contributed by atoms with Crippen LogP contribution in [0, 0.1) is 0 Å². The lowest BCUT2D eigenvalue weighted by molar-refractivity contribution is 0.144. The molecule has 0 unspecified atom stereocenters. The lowest BCUT2D eigenvalue weighted by Gasteiger charge is -2.17. The zero-order valence-electron chi connectivity index (χ0n) is 7.61. The van der Waals surface area contributed by atoms with E-state index in [1.807, 2.05) is 18.2 Å². The van der Waals surface area contributed by atoms with Gasteiger partial charge in [-0.15, -0.1) is 0 Å². The fraction of sp³-hybridized carbons (Fsp3) is 0.455. The van der Waals surface area contributed by atoms with Crippen LogP contribution in [-0.2, 0) is 6.42 Å². The molecule has 0 saturated carbocycles. The molecule has 1 aliphatic carbocycles. The lowest BCUT2D eigenvalue weighted by Crippen LogP contribution is -2.27. The highest BCUT2D eigenvalue weighted by molar-refractivity contribution is 5.31. The second-order valence-electron chi connectivity index (χ2n) is 3.70. The summed E-state index contributed by atoms with van der Waals surface area (Å²) in [5, 5.41) is 9.88. The zero-order valence-corrected chi connectivity index (χ0v) is 7.61. The number of rotatable bonds is 0. The fourth-order valence-electron chi connectivity index (χ4n) is 1.97. The third-order valence-corrected chi connectivity index (χ3v) is 2.76. The Hall–Kier alpha value is -0.860. The van der Waals surface area contributed by atoms with Gasteiger partial charge in [0.25, 0.3) is 0 Å². The number of hydrogen-bond donors (Lipinski definition) is 2. The van der Waals surface area contributed by atoms with Crippen molar-refractivity contribution in [3.8, 4) is 0 Å². The molecule has 0 spiro atoms. The van der Waals surface area contributed by atoms with Gasteiger partial charge < -0.3 is 10.8 Å². The molecule has 2 heteroatoms. The summed E-state index contributed by atoms with van der Waals surface area (Å²) in [7, 11) is 0. The Labute approximate surface area is 78.4 Å². The molecule has 3 N–H and O–H groups in total. The van der Waals surface area contributed by atoms with E-state index >= 15 is 0 Å². The van der Waals surface area contributed by atoms with Gasteiger partial charge in [-0.3, -0.25) is 0 Å². The van der Waals surface area contributed by atoms with Crippen molar-refractivity contribution < 1.29 is 5.11 Å². The van der Waals surface area contributed by atoms with Gasteiger partial charge in [-0.05, 0) is 30.4 Å². The molecule has 70 valence electrons. The van der Waals surface area contributed by atoms with Crippen LogP contribution in [0.4, 0.5) is 0 Å². The lowest BCUT2D eigenvalue weighted by atomic mass is 9.99. The SMILES string of the molecule is N[C@H]1CCCc2ccccc2[C@@H]1O. The second kappa shape index (κ2) is 3.48. The predicted octanol–water partition coefficient (Wildman–Crippen LogP) is 1.38. The third kappa shape index (κ3) is 1.60. The standard InChI is InChI=1S/C11H15NO/c12-10-7-3-5-8-4-1-2-6-9(8)11(10)13/h1-2,4,6,10-11,13H,3,5,7,12H2/t10-,11-/m0/s1. The van der Waals surface area contributed by atoms with E-state index in [4.69, 9.17) is 5.73 Å². The summed E-state index contributed by atoms with van der Waals surface area (Å²) in [6.07, 6.45) is 2.56. The van der Waals surface area contributed by atoms with Crippen molar-refractivity contribution in [3.05, 3.63) is 35.4 Å². The highest BCUT2D eigenvalue weighted by Crippen LogP contribution is 2.27. The first-order valence-electron chi connectivity index (χ1n) is 4.80. The summed E-state index contributed by atoms with van der Waals surface area (Å²) in [5.41, 5.74) is 8.12. The Morgan fingerprint density at radius 3 is 2.92 bits per heavy atom. The second-order valence-corrected chi connectivity index (χ2v) is 3.70. The largest absolute Gasteiger partial charge is 0.387 e. The van der Waals surface area contributed by atoms with Crippen LogP contribution < -0.4 is 5.73 Å². The summed E-state index contributed by atoms with van der Waals surface area (Å²) in [4.78, 5) is 0. The fourth-order valence-corrected chi connectivity index (χ4v) is 1.97. The van der Waals surface area contributed by atoms with Crippen LogP contribution in [-0.4, -0.2) is 11.1 Å². The third-order valence-electron chi connectivity index (χ3n) is 2.76. The summed E-state index contributed by atoms with van der Waals surface area (Å²) < 4.78 is 0. The van der Waals surface area contributed by atoms with Gasteiger partial charge in [-0.1, -0.05) is 24.3 Å². The van der Waals surface area contributed by atoms with Crippen molar-refractivity contribution in [1.82, 2.24) is 0 Å². The normalized spacial score (nSPS) is 27.8. The molecular formula is C11H15NO. The molecule has 1 aliphatic rings. The van der Waals surface area contributed by atoms with E-state index < -0.39 is 6.10 Å². The number of aliphatic hydroxyl groups excluding tert-OH is 1. The van der Waals surface area contributed by atoms with Crippen LogP contribution >= 0.6 is 0 Å². The summed E-state index contributed by atoms with van der Waals surface area (Å²) in [6, 6.07) is 7.94. The molecule has 2 atom stereocenters. The molecule has 1 aromatic carbocycles. The first kappa shape index (κ1) is 8.73. The quantitative estimate of drug-likeness (QED) is 0.588. The molecule has 0 fully saturated rings. The number of fused-ring (bicyclic) bond motifs is 1. The Morgan fingerprint density at radius 2 is 2.08 bits per heavy atom. The van der Waals surface area contributed by atoms with Gasteiger partial charge in [0.05, 0.1) is 6.10 Å². The average molecular weight is 177 g/mol. The van der Waals surface area contributed by atoms with Crippen molar-refractivity contribution >= 4 is 0 Å². The number of aryl methyl sites for hydroxylation is 1. The molecule has 0 saturated heterocycles. The van der Waals surface area contributed by atoms with E-state index in [1.165, 1.54) is 5.56 Å². The number of aliphatic hydroxyl groups is 1. The topological polar surface area (TPSA) is 46.2 Å². The molecule has 0 heterocycles. The van der Waals surface area contributed by atoms with Crippen LogP contribution in [0.3, 0.4) is 0 Å². The van der Waals surface area contributed by atoms with Crippen molar-refractivity contribution in [2.45, 2.75) is 31.4 Å². The summed E-state index contributed by atoms with van der Waals surface area (Å²) >= 11 is 0. The Balaban J connectivity index is 2.40. The number of hydrogen-bond acceptors (Lipinski definition) is 2. The van der Waals surface area contributed by atoms with Gasteiger partial charge in [0, 0.05) is 6.04 Å². The van der Waals surface area contributed by atoms with E-state index in [1.54, 1.807) is 0 Å². The highest BCUT2D eigenvalue weighted by atomic mass is 16.3. The van der Waals surface area contributed by atoms with Crippen molar-refractivity contribution in [2.75, 3.05) is 0 Å². The van der Waals surface area contributed by atoms with Gasteiger partial charge in [0.1, 0.15) is 0 Å².